The van der Waals surface area contributed by atoms with Crippen LogP contribution in [0.25, 0.3) is 0 Å². The first-order valence-electron chi connectivity index (χ1n) is 8.19. The summed E-state index contributed by atoms with van der Waals surface area (Å²) in [5.74, 6) is -0.466. The smallest absolute Gasteiger partial charge is 0.406 e. The van der Waals surface area contributed by atoms with Gasteiger partial charge in [0.05, 0.1) is 19.6 Å². The van der Waals surface area contributed by atoms with E-state index in [0.29, 0.717) is 18.9 Å². The average Bonchev–Trinajstić information content (AvgIpc) is 2.99. The molecule has 0 bridgehead atoms. The highest BCUT2D eigenvalue weighted by atomic mass is 19.4. The van der Waals surface area contributed by atoms with E-state index < -0.39 is 18.6 Å². The van der Waals surface area contributed by atoms with E-state index in [1.807, 2.05) is 35.2 Å². The Morgan fingerprint density at radius 2 is 1.96 bits per heavy atom. The lowest BCUT2D eigenvalue weighted by Gasteiger charge is -2.25. The molecular formula is C18H22F3N3O2. The lowest BCUT2D eigenvalue weighted by molar-refractivity contribution is -0.145. The van der Waals surface area contributed by atoms with E-state index >= 15 is 0 Å². The lowest BCUT2D eigenvalue weighted by atomic mass is 10.1. The molecule has 0 aliphatic heterocycles. The van der Waals surface area contributed by atoms with Gasteiger partial charge in [-0.25, -0.2) is 4.98 Å². The molecule has 0 spiro atoms. The van der Waals surface area contributed by atoms with E-state index in [1.165, 1.54) is 19.5 Å². The number of esters is 1. The first kappa shape index (κ1) is 20.0. The Labute approximate surface area is 150 Å². The first-order chi connectivity index (χ1) is 12.3. The van der Waals surface area contributed by atoms with Crippen LogP contribution in [0.2, 0.25) is 0 Å². The number of methoxy groups -OCH3 is 1. The molecule has 0 aliphatic carbocycles. The van der Waals surface area contributed by atoms with Crippen molar-refractivity contribution in [2.45, 2.75) is 32.7 Å². The minimum absolute atomic E-state index is 0.194. The fourth-order valence-corrected chi connectivity index (χ4v) is 2.72. The molecule has 1 unspecified atom stereocenters. The van der Waals surface area contributed by atoms with Crippen LogP contribution in [-0.2, 0) is 29.2 Å². The number of hydrogen-bond acceptors (Lipinski definition) is 4. The van der Waals surface area contributed by atoms with Crippen molar-refractivity contribution in [2.24, 2.45) is 5.92 Å². The predicted octanol–water partition coefficient (Wildman–Crippen LogP) is 3.26. The topological polar surface area (TPSA) is 47.4 Å². The van der Waals surface area contributed by atoms with Gasteiger partial charge in [-0.15, -0.1) is 0 Å². The van der Waals surface area contributed by atoms with Gasteiger partial charge in [-0.05, 0) is 5.56 Å². The summed E-state index contributed by atoms with van der Waals surface area (Å²) in [6.45, 7) is 1.67. The summed E-state index contributed by atoms with van der Waals surface area (Å²) in [6.07, 6.45) is -1.65. The molecular weight excluding hydrogens is 347 g/mol. The van der Waals surface area contributed by atoms with E-state index in [4.69, 9.17) is 4.74 Å². The monoisotopic (exact) mass is 369 g/mol. The number of benzene rings is 1. The Hall–Kier alpha value is -2.35. The van der Waals surface area contributed by atoms with Crippen molar-refractivity contribution in [1.29, 1.82) is 0 Å². The molecule has 5 nitrogen and oxygen atoms in total. The van der Waals surface area contributed by atoms with Crippen molar-refractivity contribution in [1.82, 2.24) is 14.5 Å². The summed E-state index contributed by atoms with van der Waals surface area (Å²) in [7, 11) is 1.32. The van der Waals surface area contributed by atoms with Crippen LogP contribution < -0.4 is 0 Å². The van der Waals surface area contributed by atoms with Gasteiger partial charge in [-0.1, -0.05) is 37.3 Å². The van der Waals surface area contributed by atoms with Gasteiger partial charge in [-0.3, -0.25) is 9.69 Å². The second-order valence-corrected chi connectivity index (χ2v) is 6.17. The summed E-state index contributed by atoms with van der Waals surface area (Å²) >= 11 is 0. The van der Waals surface area contributed by atoms with Crippen LogP contribution in [0.5, 0.6) is 0 Å². The highest BCUT2D eigenvalue weighted by Crippen LogP contribution is 2.19. The van der Waals surface area contributed by atoms with Crippen LogP contribution in [0.4, 0.5) is 13.2 Å². The number of halogens is 3. The number of ether oxygens (including phenoxy) is 1. The number of hydrogen-bond donors (Lipinski definition) is 0. The molecule has 8 heteroatoms. The Balaban J connectivity index is 2.16. The SMILES string of the molecule is COC(=O)C(C)CN(Cc1ccccc1)Cc1nccn1CC(F)(F)F. The van der Waals surface area contributed by atoms with E-state index in [0.717, 1.165) is 10.1 Å². The summed E-state index contributed by atoms with van der Waals surface area (Å²) in [4.78, 5) is 17.7. The van der Waals surface area contributed by atoms with Gasteiger partial charge in [-0.2, -0.15) is 13.2 Å². The van der Waals surface area contributed by atoms with Gasteiger partial charge in [0.25, 0.3) is 0 Å². The fourth-order valence-electron chi connectivity index (χ4n) is 2.72. The molecule has 142 valence electrons. The Morgan fingerprint density at radius 1 is 1.27 bits per heavy atom. The quantitative estimate of drug-likeness (QED) is 0.670. The van der Waals surface area contributed by atoms with E-state index in [2.05, 4.69) is 4.98 Å². The molecule has 1 aromatic carbocycles. The van der Waals surface area contributed by atoms with Gasteiger partial charge in [0.2, 0.25) is 0 Å². The largest absolute Gasteiger partial charge is 0.469 e. The normalized spacial score (nSPS) is 13.0. The third-order valence-electron chi connectivity index (χ3n) is 3.90. The number of alkyl halides is 3. The summed E-state index contributed by atoms with van der Waals surface area (Å²) in [5.41, 5.74) is 0.999. The molecule has 2 aromatic rings. The van der Waals surface area contributed by atoms with E-state index in [-0.39, 0.29) is 12.5 Å². The fraction of sp³-hybridized carbons (Fsp3) is 0.444. The molecule has 0 radical (unpaired) electrons. The van der Waals surface area contributed by atoms with Crippen LogP contribution in [-0.4, -0.2) is 40.3 Å². The van der Waals surface area contributed by atoms with Crippen molar-refractivity contribution in [3.63, 3.8) is 0 Å². The van der Waals surface area contributed by atoms with Crippen LogP contribution >= 0.6 is 0 Å². The molecule has 1 aromatic heterocycles. The number of aromatic nitrogens is 2. The maximum Gasteiger partial charge on any atom is 0.406 e. The van der Waals surface area contributed by atoms with Crippen molar-refractivity contribution in [3.8, 4) is 0 Å². The highest BCUT2D eigenvalue weighted by molar-refractivity contribution is 5.72. The van der Waals surface area contributed by atoms with Crippen molar-refractivity contribution in [2.75, 3.05) is 13.7 Å². The third kappa shape index (κ3) is 6.18. The number of nitrogens with zero attached hydrogens (tertiary/aromatic N) is 3. The van der Waals surface area contributed by atoms with E-state index in [9.17, 15) is 18.0 Å². The second-order valence-electron chi connectivity index (χ2n) is 6.17. The zero-order valence-electron chi connectivity index (χ0n) is 14.7. The standard InChI is InChI=1S/C18H22F3N3O2/c1-14(17(25)26-2)10-23(11-15-6-4-3-5-7-15)12-16-22-8-9-24(16)13-18(19,20)21/h3-9,14H,10-13H2,1-2H3. The minimum atomic E-state index is -4.32. The molecule has 2 rings (SSSR count). The van der Waals surface area contributed by atoms with E-state index in [1.54, 1.807) is 6.92 Å². The summed E-state index contributed by atoms with van der Waals surface area (Å²) < 4.78 is 44.0. The molecule has 1 heterocycles. The van der Waals surface area contributed by atoms with Crippen LogP contribution in [0.3, 0.4) is 0 Å². The van der Waals surface area contributed by atoms with Crippen molar-refractivity contribution in [3.05, 3.63) is 54.1 Å². The van der Waals surface area contributed by atoms with Gasteiger partial charge in [0, 0.05) is 25.5 Å². The van der Waals surface area contributed by atoms with Crippen molar-refractivity contribution < 1.29 is 22.7 Å². The zero-order chi connectivity index (χ0) is 19.2. The maximum absolute atomic E-state index is 12.7. The average molecular weight is 369 g/mol. The molecule has 0 saturated carbocycles. The molecule has 0 aliphatic rings. The maximum atomic E-state index is 12.7. The van der Waals surface area contributed by atoms with Gasteiger partial charge in [0.15, 0.2) is 0 Å². The van der Waals surface area contributed by atoms with Gasteiger partial charge >= 0.3 is 12.1 Å². The van der Waals surface area contributed by atoms with Crippen LogP contribution in [0.1, 0.15) is 18.3 Å². The van der Waals surface area contributed by atoms with Gasteiger partial charge < -0.3 is 9.30 Å². The number of rotatable bonds is 8. The molecule has 26 heavy (non-hydrogen) atoms. The number of carbonyl (C=O) groups excluding carboxylic acids is 1. The Kier molecular flexibility index (Phi) is 6.79. The summed E-state index contributed by atoms with van der Waals surface area (Å²) in [6, 6.07) is 9.53. The van der Waals surface area contributed by atoms with Crippen molar-refractivity contribution >= 4 is 5.97 Å². The molecule has 0 N–H and O–H groups in total. The second kappa shape index (κ2) is 8.84. The number of imidazole rings is 1. The highest BCUT2D eigenvalue weighted by Gasteiger charge is 2.29. The lowest BCUT2D eigenvalue weighted by Crippen LogP contribution is -2.33. The predicted molar refractivity (Wildman–Crippen MR) is 90.0 cm³/mol. The first-order valence-corrected chi connectivity index (χ1v) is 8.19. The minimum Gasteiger partial charge on any atom is -0.469 e. The van der Waals surface area contributed by atoms with Crippen LogP contribution in [0.15, 0.2) is 42.7 Å². The number of carbonyl (C=O) groups is 1. The van der Waals surface area contributed by atoms with Gasteiger partial charge in [0.1, 0.15) is 12.4 Å². The van der Waals surface area contributed by atoms with Crippen LogP contribution in [0, 0.1) is 5.92 Å². The molecule has 0 fully saturated rings. The molecule has 0 amide bonds. The zero-order valence-corrected chi connectivity index (χ0v) is 14.7. The molecule has 0 saturated heterocycles. The Bertz CT molecular complexity index is 701. The summed E-state index contributed by atoms with van der Waals surface area (Å²) in [5, 5.41) is 0. The molecule has 1 atom stereocenters. The third-order valence-corrected chi connectivity index (χ3v) is 3.90. The Morgan fingerprint density at radius 3 is 2.58 bits per heavy atom.